The fourth-order valence-electron chi connectivity index (χ4n) is 4.51. The van der Waals surface area contributed by atoms with Gasteiger partial charge in [-0.2, -0.15) is 0 Å². The molecule has 0 spiro atoms. The Morgan fingerprint density at radius 2 is 1.77 bits per heavy atom. The van der Waals surface area contributed by atoms with Crippen molar-refractivity contribution < 1.29 is 22.0 Å². The van der Waals surface area contributed by atoms with E-state index in [0.717, 1.165) is 11.8 Å². The van der Waals surface area contributed by atoms with E-state index < -0.39 is 21.7 Å². The van der Waals surface area contributed by atoms with Crippen molar-refractivity contribution in [3.8, 4) is 11.1 Å². The summed E-state index contributed by atoms with van der Waals surface area (Å²) in [4.78, 5) is 14.8. The lowest BCUT2D eigenvalue weighted by atomic mass is 9.95. The Morgan fingerprint density at radius 1 is 1.10 bits per heavy atom. The van der Waals surface area contributed by atoms with Crippen LogP contribution in [0, 0.1) is 17.6 Å². The van der Waals surface area contributed by atoms with Gasteiger partial charge in [-0.1, -0.05) is 30.3 Å². The fourth-order valence-corrected chi connectivity index (χ4v) is 5.38. The standard InChI is InChI=1S/C22H24F2N2O3S/c1-13-20(25-30(2,28)29)10-11-26(13)22(27)17-12-16(17)14-6-3-4-7-15(14)21-18(23)8-5-9-19(21)24/h3-9,13,16-17,20,25H,10-12H2,1-2H3/t13-,16-,17+,20-/m0/s1. The Morgan fingerprint density at radius 3 is 2.43 bits per heavy atom. The van der Waals surface area contributed by atoms with Gasteiger partial charge in [0, 0.05) is 24.5 Å². The van der Waals surface area contributed by atoms with Crippen molar-refractivity contribution in [2.75, 3.05) is 12.8 Å². The Hall–Kier alpha value is -2.32. The molecule has 1 N–H and O–H groups in total. The molecule has 1 amide bonds. The number of halogens is 2. The largest absolute Gasteiger partial charge is 0.338 e. The van der Waals surface area contributed by atoms with Crippen LogP contribution in [0.5, 0.6) is 0 Å². The van der Waals surface area contributed by atoms with Crippen LogP contribution in [0.25, 0.3) is 11.1 Å². The average Bonchev–Trinajstić information content (AvgIpc) is 3.39. The lowest BCUT2D eigenvalue weighted by Gasteiger charge is -2.25. The van der Waals surface area contributed by atoms with Crippen molar-refractivity contribution in [2.45, 2.75) is 37.8 Å². The molecule has 0 bridgehead atoms. The van der Waals surface area contributed by atoms with Gasteiger partial charge in [-0.3, -0.25) is 4.79 Å². The molecule has 4 atom stereocenters. The average molecular weight is 435 g/mol. The Labute approximate surface area is 175 Å². The molecule has 2 aromatic carbocycles. The SMILES string of the molecule is C[C@H]1[C@@H](NS(C)(=O)=O)CCN1C(=O)[C@@H]1C[C@H]1c1ccccc1-c1c(F)cccc1F. The van der Waals surface area contributed by atoms with Crippen molar-refractivity contribution >= 4 is 15.9 Å². The van der Waals surface area contributed by atoms with Crippen LogP contribution in [0.15, 0.2) is 42.5 Å². The van der Waals surface area contributed by atoms with Crippen molar-refractivity contribution in [3.05, 3.63) is 59.7 Å². The monoisotopic (exact) mass is 434 g/mol. The number of rotatable bonds is 5. The zero-order valence-electron chi connectivity index (χ0n) is 16.8. The second-order valence-corrected chi connectivity index (χ2v) is 9.97. The van der Waals surface area contributed by atoms with Gasteiger partial charge in [-0.05, 0) is 48.9 Å². The first-order valence-corrected chi connectivity index (χ1v) is 11.9. The molecule has 4 rings (SSSR count). The number of hydrogen-bond donors (Lipinski definition) is 1. The van der Waals surface area contributed by atoms with Gasteiger partial charge in [0.05, 0.1) is 11.8 Å². The van der Waals surface area contributed by atoms with Crippen molar-refractivity contribution in [2.24, 2.45) is 5.92 Å². The van der Waals surface area contributed by atoms with Crippen LogP contribution >= 0.6 is 0 Å². The highest BCUT2D eigenvalue weighted by Gasteiger charge is 2.49. The second-order valence-electron chi connectivity index (χ2n) is 8.19. The van der Waals surface area contributed by atoms with Gasteiger partial charge < -0.3 is 4.90 Å². The predicted octanol–water partition coefficient (Wildman–Crippen LogP) is 3.27. The van der Waals surface area contributed by atoms with E-state index in [9.17, 15) is 22.0 Å². The van der Waals surface area contributed by atoms with E-state index in [-0.39, 0.29) is 35.4 Å². The predicted molar refractivity (Wildman–Crippen MR) is 110 cm³/mol. The zero-order chi connectivity index (χ0) is 21.6. The summed E-state index contributed by atoms with van der Waals surface area (Å²) in [5, 5.41) is 0. The van der Waals surface area contributed by atoms with E-state index >= 15 is 0 Å². The maximum atomic E-state index is 14.4. The van der Waals surface area contributed by atoms with E-state index in [1.165, 1.54) is 18.2 Å². The number of likely N-dealkylation sites (tertiary alicyclic amines) is 1. The lowest BCUT2D eigenvalue weighted by molar-refractivity contribution is -0.133. The van der Waals surface area contributed by atoms with Crippen molar-refractivity contribution in [3.63, 3.8) is 0 Å². The molecule has 1 heterocycles. The molecule has 1 saturated carbocycles. The minimum Gasteiger partial charge on any atom is -0.338 e. The van der Waals surface area contributed by atoms with Gasteiger partial charge in [0.1, 0.15) is 11.6 Å². The molecule has 160 valence electrons. The molecule has 8 heteroatoms. The third-order valence-electron chi connectivity index (χ3n) is 6.10. The molecule has 2 fully saturated rings. The molecule has 0 radical (unpaired) electrons. The maximum absolute atomic E-state index is 14.4. The number of amides is 1. The third kappa shape index (κ3) is 3.98. The van der Waals surface area contributed by atoms with Crippen LogP contribution in [0.4, 0.5) is 8.78 Å². The summed E-state index contributed by atoms with van der Waals surface area (Å²) in [6.45, 7) is 2.33. The molecule has 2 aromatic rings. The number of hydrogen-bond acceptors (Lipinski definition) is 3. The molecule has 1 aliphatic carbocycles. The molecule has 1 aliphatic heterocycles. The number of carbonyl (C=O) groups excluding carboxylic acids is 1. The van der Waals surface area contributed by atoms with Crippen LogP contribution in [0.1, 0.15) is 31.2 Å². The first kappa shape index (κ1) is 20.9. The minimum absolute atomic E-state index is 0.0332. The Kier molecular flexibility index (Phi) is 5.40. The van der Waals surface area contributed by atoms with Crippen LogP contribution in [0.3, 0.4) is 0 Å². The van der Waals surface area contributed by atoms with E-state index in [0.29, 0.717) is 24.9 Å². The van der Waals surface area contributed by atoms with Gasteiger partial charge >= 0.3 is 0 Å². The highest BCUT2D eigenvalue weighted by molar-refractivity contribution is 7.88. The fraction of sp³-hybridized carbons (Fsp3) is 0.409. The van der Waals surface area contributed by atoms with Crippen LogP contribution in [-0.4, -0.2) is 44.1 Å². The Bertz CT molecular complexity index is 1070. The maximum Gasteiger partial charge on any atom is 0.226 e. The van der Waals surface area contributed by atoms with Gasteiger partial charge in [-0.15, -0.1) is 0 Å². The number of nitrogens with zero attached hydrogens (tertiary/aromatic N) is 1. The summed E-state index contributed by atoms with van der Waals surface area (Å²) >= 11 is 0. The summed E-state index contributed by atoms with van der Waals surface area (Å²) in [5.41, 5.74) is 1.16. The lowest BCUT2D eigenvalue weighted by Crippen LogP contribution is -2.45. The highest BCUT2D eigenvalue weighted by atomic mass is 32.2. The molecule has 0 unspecified atom stereocenters. The first-order valence-electron chi connectivity index (χ1n) is 9.98. The normalized spacial score (nSPS) is 26.1. The Balaban J connectivity index is 1.54. The smallest absolute Gasteiger partial charge is 0.226 e. The molecular weight excluding hydrogens is 410 g/mol. The van der Waals surface area contributed by atoms with Gasteiger partial charge in [-0.25, -0.2) is 21.9 Å². The summed E-state index contributed by atoms with van der Waals surface area (Å²) in [7, 11) is -3.35. The summed E-state index contributed by atoms with van der Waals surface area (Å²) in [6.07, 6.45) is 2.29. The number of benzene rings is 2. The molecule has 1 saturated heterocycles. The summed E-state index contributed by atoms with van der Waals surface area (Å²) in [5.74, 6) is -1.67. The quantitative estimate of drug-likeness (QED) is 0.786. The summed E-state index contributed by atoms with van der Waals surface area (Å²) in [6, 6.07) is 10.3. The van der Waals surface area contributed by atoms with E-state index in [1.807, 2.05) is 19.1 Å². The number of nitrogens with one attached hydrogen (secondary N) is 1. The molecular formula is C22H24F2N2O3S. The topological polar surface area (TPSA) is 66.5 Å². The molecule has 0 aromatic heterocycles. The number of sulfonamides is 1. The van der Waals surface area contributed by atoms with E-state index in [2.05, 4.69) is 4.72 Å². The van der Waals surface area contributed by atoms with E-state index in [4.69, 9.17) is 0 Å². The van der Waals surface area contributed by atoms with Gasteiger partial charge in [0.15, 0.2) is 0 Å². The van der Waals surface area contributed by atoms with Crippen LogP contribution in [-0.2, 0) is 14.8 Å². The third-order valence-corrected chi connectivity index (χ3v) is 6.83. The minimum atomic E-state index is -3.35. The zero-order valence-corrected chi connectivity index (χ0v) is 17.6. The van der Waals surface area contributed by atoms with Gasteiger partial charge in [0.2, 0.25) is 15.9 Å². The number of carbonyl (C=O) groups is 1. The van der Waals surface area contributed by atoms with Crippen LogP contribution in [0.2, 0.25) is 0 Å². The second kappa shape index (κ2) is 7.74. The molecule has 2 aliphatic rings. The van der Waals surface area contributed by atoms with Gasteiger partial charge in [0.25, 0.3) is 0 Å². The van der Waals surface area contributed by atoms with Crippen LogP contribution < -0.4 is 4.72 Å². The highest BCUT2D eigenvalue weighted by Crippen LogP contribution is 2.52. The summed E-state index contributed by atoms with van der Waals surface area (Å²) < 4.78 is 54.4. The first-order chi connectivity index (χ1) is 14.2. The molecule has 30 heavy (non-hydrogen) atoms. The molecule has 5 nitrogen and oxygen atoms in total. The van der Waals surface area contributed by atoms with E-state index in [1.54, 1.807) is 17.0 Å². The van der Waals surface area contributed by atoms with Crippen molar-refractivity contribution in [1.82, 2.24) is 9.62 Å². The van der Waals surface area contributed by atoms with Crippen molar-refractivity contribution in [1.29, 1.82) is 0 Å².